The molecule has 3 N–H and O–H groups in total. The van der Waals surface area contributed by atoms with Crippen LogP contribution in [-0.2, 0) is 12.8 Å². The molecule has 1 aromatic rings. The van der Waals surface area contributed by atoms with Crippen molar-refractivity contribution in [3.63, 3.8) is 0 Å². The number of benzene rings is 1. The van der Waals surface area contributed by atoms with Crippen molar-refractivity contribution in [1.82, 2.24) is 10.2 Å². The molecule has 1 heterocycles. The highest BCUT2D eigenvalue weighted by molar-refractivity contribution is 5.72. The second-order valence-corrected chi connectivity index (χ2v) is 4.70. The molecule has 0 unspecified atom stereocenters. The van der Waals surface area contributed by atoms with E-state index in [2.05, 4.69) is 29.6 Å². The fraction of sp³-hybridized carbons (Fsp3) is 0.500. The summed E-state index contributed by atoms with van der Waals surface area (Å²) in [5, 5.41) is 3.12. The Bertz CT molecular complexity index is 377. The number of nitrogens with one attached hydrogen (secondary N) is 1. The van der Waals surface area contributed by atoms with Gasteiger partial charge in [-0.15, -0.1) is 0 Å². The number of carbonyl (C=O) groups excluding carboxylic acids is 1. The van der Waals surface area contributed by atoms with E-state index in [1.54, 1.807) is 16.0 Å². The minimum absolute atomic E-state index is 0.309. The first-order chi connectivity index (χ1) is 8.77. The number of urea groups is 1. The molecule has 0 saturated carbocycles. The summed E-state index contributed by atoms with van der Waals surface area (Å²) in [6, 6.07) is 8.43. The molecule has 0 atom stereocenters. The summed E-state index contributed by atoms with van der Waals surface area (Å²) in [6.45, 7) is 3.22. The third-order valence-electron chi connectivity index (χ3n) is 3.44. The van der Waals surface area contributed by atoms with Crippen LogP contribution >= 0.6 is 0 Å². The largest absolute Gasteiger partial charge is 0.351 e. The summed E-state index contributed by atoms with van der Waals surface area (Å²) in [4.78, 5) is 12.1. The number of primary amides is 1. The molecule has 98 valence electrons. The maximum atomic E-state index is 10.5. The molecule has 0 spiro atoms. The zero-order chi connectivity index (χ0) is 12.8. The predicted molar refractivity (Wildman–Crippen MR) is 72.5 cm³/mol. The lowest BCUT2D eigenvalue weighted by atomic mass is 10.1. The van der Waals surface area contributed by atoms with Gasteiger partial charge in [-0.05, 0) is 30.4 Å². The molecule has 3 rings (SSSR count). The molecule has 2 aliphatic rings. The zero-order valence-corrected chi connectivity index (χ0v) is 10.7. The molecule has 0 radical (unpaired) electrons. The van der Waals surface area contributed by atoms with Crippen LogP contribution in [0.1, 0.15) is 17.5 Å². The van der Waals surface area contributed by atoms with Gasteiger partial charge in [0.05, 0.1) is 0 Å². The van der Waals surface area contributed by atoms with Crippen LogP contribution in [0.15, 0.2) is 24.3 Å². The monoisotopic (exact) mass is 247 g/mol. The molecule has 4 nitrogen and oxygen atoms in total. The third-order valence-corrected chi connectivity index (χ3v) is 3.44. The first kappa shape index (κ1) is 12.9. The number of nitrogens with zero attached hydrogens (tertiary/aromatic N) is 1. The van der Waals surface area contributed by atoms with E-state index < -0.39 is 0 Å². The molecular weight excluding hydrogens is 226 g/mol. The summed E-state index contributed by atoms with van der Waals surface area (Å²) >= 11 is 0. The quantitative estimate of drug-likeness (QED) is 0.722. The Morgan fingerprint density at radius 1 is 1.11 bits per heavy atom. The fourth-order valence-corrected chi connectivity index (χ4v) is 2.40. The highest BCUT2D eigenvalue weighted by Crippen LogP contribution is 2.20. The van der Waals surface area contributed by atoms with E-state index in [1.807, 2.05) is 0 Å². The van der Waals surface area contributed by atoms with E-state index >= 15 is 0 Å². The van der Waals surface area contributed by atoms with Gasteiger partial charge in [0.25, 0.3) is 0 Å². The minimum Gasteiger partial charge on any atom is -0.351 e. The number of aryl methyl sites for hydroxylation is 2. The van der Waals surface area contributed by atoms with Crippen molar-refractivity contribution >= 4 is 6.03 Å². The van der Waals surface area contributed by atoms with E-state index in [9.17, 15) is 4.79 Å². The van der Waals surface area contributed by atoms with Gasteiger partial charge in [-0.1, -0.05) is 24.3 Å². The standard InChI is InChI=1S/C9H10.C5H11N3O/c1-2-5-9-7-3-6-8(9)4-1;6-5(9)8-3-1-7-2-4-8/h1-2,4-5H,3,6-7H2;7H,1-4H2,(H2,6,9). The number of hydrogen-bond donors (Lipinski definition) is 2. The normalized spacial score (nSPS) is 17.7. The van der Waals surface area contributed by atoms with Crippen LogP contribution in [0, 0.1) is 0 Å². The summed E-state index contributed by atoms with van der Waals surface area (Å²) < 4.78 is 0. The van der Waals surface area contributed by atoms with Crippen LogP contribution in [0.4, 0.5) is 4.79 Å². The summed E-state index contributed by atoms with van der Waals surface area (Å²) in [7, 11) is 0. The van der Waals surface area contributed by atoms with E-state index in [1.165, 1.54) is 19.3 Å². The second kappa shape index (κ2) is 6.40. The highest BCUT2D eigenvalue weighted by atomic mass is 16.2. The zero-order valence-electron chi connectivity index (χ0n) is 10.7. The van der Waals surface area contributed by atoms with E-state index in [4.69, 9.17) is 5.73 Å². The van der Waals surface area contributed by atoms with Crippen molar-refractivity contribution in [1.29, 1.82) is 0 Å². The van der Waals surface area contributed by atoms with Gasteiger partial charge < -0.3 is 16.0 Å². The first-order valence-electron chi connectivity index (χ1n) is 6.59. The van der Waals surface area contributed by atoms with E-state index in [-0.39, 0.29) is 6.03 Å². The Kier molecular flexibility index (Phi) is 4.59. The third kappa shape index (κ3) is 3.47. The van der Waals surface area contributed by atoms with Crippen LogP contribution in [0.3, 0.4) is 0 Å². The summed E-state index contributed by atoms with van der Waals surface area (Å²) in [6.07, 6.45) is 3.96. The number of piperazine rings is 1. The number of hydrogen-bond acceptors (Lipinski definition) is 2. The molecule has 0 bridgehead atoms. The van der Waals surface area contributed by atoms with Gasteiger partial charge in [-0.2, -0.15) is 0 Å². The maximum absolute atomic E-state index is 10.5. The average Bonchev–Trinajstić information content (AvgIpc) is 2.89. The van der Waals surface area contributed by atoms with Crippen molar-refractivity contribution in [3.05, 3.63) is 35.4 Å². The number of rotatable bonds is 0. The van der Waals surface area contributed by atoms with Crippen molar-refractivity contribution in [2.45, 2.75) is 19.3 Å². The first-order valence-corrected chi connectivity index (χ1v) is 6.59. The minimum atomic E-state index is -0.309. The molecule has 1 saturated heterocycles. The smallest absolute Gasteiger partial charge is 0.314 e. The van der Waals surface area contributed by atoms with E-state index in [0.29, 0.717) is 0 Å². The molecule has 0 aromatic heterocycles. The molecule has 1 aliphatic carbocycles. The fourth-order valence-electron chi connectivity index (χ4n) is 2.40. The SMILES string of the molecule is NC(=O)N1CCNCC1.c1ccc2c(c1)CCC2. The van der Waals surface area contributed by atoms with E-state index in [0.717, 1.165) is 26.2 Å². The predicted octanol–water partition coefficient (Wildman–Crippen LogP) is 1.15. The van der Waals surface area contributed by atoms with Gasteiger partial charge in [-0.3, -0.25) is 0 Å². The Morgan fingerprint density at radius 2 is 1.67 bits per heavy atom. The van der Waals surface area contributed by atoms with Gasteiger partial charge in [0, 0.05) is 26.2 Å². The van der Waals surface area contributed by atoms with Gasteiger partial charge in [0.2, 0.25) is 0 Å². The van der Waals surface area contributed by atoms with Crippen LogP contribution in [0.25, 0.3) is 0 Å². The molecule has 4 heteroatoms. The van der Waals surface area contributed by atoms with Gasteiger partial charge >= 0.3 is 6.03 Å². The van der Waals surface area contributed by atoms with Crippen LogP contribution in [0.5, 0.6) is 0 Å². The van der Waals surface area contributed by atoms with Crippen molar-refractivity contribution < 1.29 is 4.79 Å². The summed E-state index contributed by atoms with van der Waals surface area (Å²) in [5.41, 5.74) is 8.16. The second-order valence-electron chi connectivity index (χ2n) is 4.70. The molecule has 1 aliphatic heterocycles. The number of amides is 2. The number of carbonyl (C=O) groups is 1. The highest BCUT2D eigenvalue weighted by Gasteiger charge is 2.11. The lowest BCUT2D eigenvalue weighted by Crippen LogP contribution is -2.48. The van der Waals surface area contributed by atoms with Gasteiger partial charge in [0.15, 0.2) is 0 Å². The topological polar surface area (TPSA) is 58.4 Å². The van der Waals surface area contributed by atoms with Gasteiger partial charge in [-0.25, -0.2) is 4.79 Å². The van der Waals surface area contributed by atoms with Crippen LogP contribution in [0.2, 0.25) is 0 Å². The Morgan fingerprint density at radius 3 is 2.11 bits per heavy atom. The molecule has 1 fully saturated rings. The van der Waals surface area contributed by atoms with Gasteiger partial charge in [0.1, 0.15) is 0 Å². The van der Waals surface area contributed by atoms with Crippen molar-refractivity contribution in [2.24, 2.45) is 5.73 Å². The Balaban J connectivity index is 0.000000134. The maximum Gasteiger partial charge on any atom is 0.314 e. The lowest BCUT2D eigenvalue weighted by Gasteiger charge is -2.25. The number of fused-ring (bicyclic) bond motifs is 1. The molecule has 2 amide bonds. The Hall–Kier alpha value is -1.55. The van der Waals surface area contributed by atoms with Crippen molar-refractivity contribution in [2.75, 3.05) is 26.2 Å². The van der Waals surface area contributed by atoms with Crippen LogP contribution in [-0.4, -0.2) is 37.1 Å². The molecular formula is C14H21N3O. The average molecular weight is 247 g/mol. The van der Waals surface area contributed by atoms with Crippen LogP contribution < -0.4 is 11.1 Å². The summed E-state index contributed by atoms with van der Waals surface area (Å²) in [5.74, 6) is 0. The van der Waals surface area contributed by atoms with Crippen molar-refractivity contribution in [3.8, 4) is 0 Å². The Labute approximate surface area is 108 Å². The molecule has 18 heavy (non-hydrogen) atoms. The molecule has 1 aromatic carbocycles. The number of nitrogens with two attached hydrogens (primary N) is 1. The lowest BCUT2D eigenvalue weighted by molar-refractivity contribution is 0.200.